The molecule has 0 saturated carbocycles. The second-order valence-electron chi connectivity index (χ2n) is 4.48. The van der Waals surface area contributed by atoms with Crippen LogP contribution in [0.2, 0.25) is 0 Å². The predicted octanol–water partition coefficient (Wildman–Crippen LogP) is 2.54. The van der Waals surface area contributed by atoms with Gasteiger partial charge in [0, 0.05) is 25.3 Å². The van der Waals surface area contributed by atoms with Gasteiger partial charge in [-0.3, -0.25) is 0 Å². The van der Waals surface area contributed by atoms with E-state index in [0.717, 1.165) is 12.1 Å². The number of anilines is 1. The van der Waals surface area contributed by atoms with Gasteiger partial charge in [0.05, 0.1) is 4.90 Å². The highest BCUT2D eigenvalue weighted by molar-refractivity contribution is 7.89. The standard InChI is InChI=1S/C13H22N2O2S/c1-5-10-15(11(2)3)18(16,17)13-8-6-12(14-4)7-9-13/h6-9,11,14H,5,10H2,1-4H3. The van der Waals surface area contributed by atoms with Crippen molar-refractivity contribution in [1.29, 1.82) is 0 Å². The molecule has 1 aromatic carbocycles. The van der Waals surface area contributed by atoms with Crippen molar-refractivity contribution in [3.63, 3.8) is 0 Å². The summed E-state index contributed by atoms with van der Waals surface area (Å²) in [7, 11) is -1.58. The normalized spacial score (nSPS) is 12.1. The second-order valence-corrected chi connectivity index (χ2v) is 6.37. The summed E-state index contributed by atoms with van der Waals surface area (Å²) < 4.78 is 26.5. The van der Waals surface area contributed by atoms with Crippen LogP contribution in [0.25, 0.3) is 0 Å². The van der Waals surface area contributed by atoms with E-state index in [1.807, 2.05) is 20.8 Å². The van der Waals surface area contributed by atoms with Gasteiger partial charge in [0.1, 0.15) is 0 Å². The Hall–Kier alpha value is -1.07. The first-order valence-corrected chi connectivity index (χ1v) is 7.67. The minimum Gasteiger partial charge on any atom is -0.388 e. The molecule has 0 aliphatic carbocycles. The monoisotopic (exact) mass is 270 g/mol. The van der Waals surface area contributed by atoms with Gasteiger partial charge >= 0.3 is 0 Å². The summed E-state index contributed by atoms with van der Waals surface area (Å²) >= 11 is 0. The average Bonchev–Trinajstić information content (AvgIpc) is 2.35. The zero-order valence-corrected chi connectivity index (χ0v) is 12.3. The third-order valence-electron chi connectivity index (χ3n) is 2.77. The van der Waals surface area contributed by atoms with E-state index >= 15 is 0 Å². The van der Waals surface area contributed by atoms with E-state index < -0.39 is 10.0 Å². The predicted molar refractivity (Wildman–Crippen MR) is 75.3 cm³/mol. The van der Waals surface area contributed by atoms with Crippen molar-refractivity contribution in [3.05, 3.63) is 24.3 Å². The van der Waals surface area contributed by atoms with E-state index in [9.17, 15) is 8.42 Å². The van der Waals surface area contributed by atoms with E-state index in [1.165, 1.54) is 0 Å². The van der Waals surface area contributed by atoms with Crippen LogP contribution in [0.15, 0.2) is 29.2 Å². The molecule has 0 atom stereocenters. The number of nitrogens with zero attached hydrogens (tertiary/aromatic N) is 1. The molecule has 0 aliphatic rings. The number of sulfonamides is 1. The average molecular weight is 270 g/mol. The van der Waals surface area contributed by atoms with Gasteiger partial charge in [-0.15, -0.1) is 0 Å². The van der Waals surface area contributed by atoms with Crippen LogP contribution in [0, 0.1) is 0 Å². The molecule has 5 heteroatoms. The molecular weight excluding hydrogens is 248 g/mol. The van der Waals surface area contributed by atoms with Crippen LogP contribution >= 0.6 is 0 Å². The van der Waals surface area contributed by atoms with E-state index in [-0.39, 0.29) is 6.04 Å². The maximum absolute atomic E-state index is 12.5. The van der Waals surface area contributed by atoms with Crippen molar-refractivity contribution >= 4 is 15.7 Å². The molecule has 4 nitrogen and oxygen atoms in total. The van der Waals surface area contributed by atoms with Crippen molar-refractivity contribution in [2.24, 2.45) is 0 Å². The van der Waals surface area contributed by atoms with Crippen LogP contribution in [0.3, 0.4) is 0 Å². The fraction of sp³-hybridized carbons (Fsp3) is 0.538. The molecule has 1 N–H and O–H groups in total. The molecule has 1 aromatic rings. The van der Waals surface area contributed by atoms with Gasteiger partial charge in [0.2, 0.25) is 10.0 Å². The van der Waals surface area contributed by atoms with Crippen LogP contribution in [0.4, 0.5) is 5.69 Å². The first kappa shape index (κ1) is 15.0. The smallest absolute Gasteiger partial charge is 0.243 e. The number of benzene rings is 1. The summed E-state index contributed by atoms with van der Waals surface area (Å²) in [5.41, 5.74) is 0.903. The Labute approximate surface area is 110 Å². The molecule has 0 amide bonds. The summed E-state index contributed by atoms with van der Waals surface area (Å²) in [6.45, 7) is 6.33. The Morgan fingerprint density at radius 3 is 2.17 bits per heavy atom. The van der Waals surface area contributed by atoms with Crippen molar-refractivity contribution in [2.75, 3.05) is 18.9 Å². The van der Waals surface area contributed by atoms with Crippen molar-refractivity contribution in [3.8, 4) is 0 Å². The first-order valence-electron chi connectivity index (χ1n) is 6.23. The molecule has 0 aromatic heterocycles. The number of hydrogen-bond acceptors (Lipinski definition) is 3. The minimum absolute atomic E-state index is 0.0288. The summed E-state index contributed by atoms with van der Waals surface area (Å²) in [6.07, 6.45) is 0.812. The van der Waals surface area contributed by atoms with Gasteiger partial charge in [0.25, 0.3) is 0 Å². The molecule has 0 unspecified atom stereocenters. The molecular formula is C13H22N2O2S. The van der Waals surface area contributed by atoms with Gasteiger partial charge in [-0.2, -0.15) is 4.31 Å². The Kier molecular flexibility index (Phi) is 5.16. The van der Waals surface area contributed by atoms with Crippen molar-refractivity contribution in [1.82, 2.24) is 4.31 Å². The van der Waals surface area contributed by atoms with Gasteiger partial charge in [-0.25, -0.2) is 8.42 Å². The highest BCUT2D eigenvalue weighted by atomic mass is 32.2. The lowest BCUT2D eigenvalue weighted by molar-refractivity contribution is 0.354. The molecule has 0 spiro atoms. The fourth-order valence-electron chi connectivity index (χ4n) is 1.81. The molecule has 18 heavy (non-hydrogen) atoms. The van der Waals surface area contributed by atoms with E-state index in [1.54, 1.807) is 35.6 Å². The number of rotatable bonds is 6. The lowest BCUT2D eigenvalue weighted by atomic mass is 10.3. The Balaban J connectivity index is 3.09. The van der Waals surface area contributed by atoms with Crippen LogP contribution < -0.4 is 5.32 Å². The quantitative estimate of drug-likeness (QED) is 0.864. The highest BCUT2D eigenvalue weighted by Crippen LogP contribution is 2.20. The van der Waals surface area contributed by atoms with E-state index in [2.05, 4.69) is 5.32 Å². The zero-order valence-electron chi connectivity index (χ0n) is 11.5. The van der Waals surface area contributed by atoms with Crippen LogP contribution in [0.1, 0.15) is 27.2 Å². The molecule has 0 saturated heterocycles. The van der Waals surface area contributed by atoms with Crippen molar-refractivity contribution in [2.45, 2.75) is 38.1 Å². The Morgan fingerprint density at radius 2 is 1.78 bits per heavy atom. The largest absolute Gasteiger partial charge is 0.388 e. The summed E-state index contributed by atoms with van der Waals surface area (Å²) in [6, 6.07) is 6.81. The number of hydrogen-bond donors (Lipinski definition) is 1. The highest BCUT2D eigenvalue weighted by Gasteiger charge is 2.25. The van der Waals surface area contributed by atoms with Gasteiger partial charge < -0.3 is 5.32 Å². The molecule has 0 heterocycles. The molecule has 102 valence electrons. The zero-order chi connectivity index (χ0) is 13.8. The Morgan fingerprint density at radius 1 is 1.22 bits per heavy atom. The lowest BCUT2D eigenvalue weighted by Gasteiger charge is -2.25. The van der Waals surface area contributed by atoms with E-state index in [0.29, 0.717) is 11.4 Å². The third-order valence-corrected chi connectivity index (χ3v) is 4.86. The SMILES string of the molecule is CCCN(C(C)C)S(=O)(=O)c1ccc(NC)cc1. The Bertz CT molecular complexity index is 466. The maximum atomic E-state index is 12.5. The van der Waals surface area contributed by atoms with Gasteiger partial charge in [-0.1, -0.05) is 6.92 Å². The summed E-state index contributed by atoms with van der Waals surface area (Å²) in [4.78, 5) is 0.351. The van der Waals surface area contributed by atoms with Crippen LogP contribution in [-0.4, -0.2) is 32.4 Å². The second kappa shape index (κ2) is 6.20. The minimum atomic E-state index is -3.38. The van der Waals surface area contributed by atoms with E-state index in [4.69, 9.17) is 0 Å². The number of nitrogens with one attached hydrogen (secondary N) is 1. The topological polar surface area (TPSA) is 49.4 Å². The first-order chi connectivity index (χ1) is 8.43. The van der Waals surface area contributed by atoms with Gasteiger partial charge in [-0.05, 0) is 44.5 Å². The summed E-state index contributed by atoms with van der Waals surface area (Å²) in [5, 5.41) is 2.97. The lowest BCUT2D eigenvalue weighted by Crippen LogP contribution is -2.37. The molecule has 0 radical (unpaired) electrons. The maximum Gasteiger partial charge on any atom is 0.243 e. The third kappa shape index (κ3) is 3.23. The molecule has 0 aliphatic heterocycles. The van der Waals surface area contributed by atoms with Crippen LogP contribution in [-0.2, 0) is 10.0 Å². The van der Waals surface area contributed by atoms with Gasteiger partial charge in [0.15, 0.2) is 0 Å². The molecule has 1 rings (SSSR count). The molecule has 0 fully saturated rings. The summed E-state index contributed by atoms with van der Waals surface area (Å²) in [5.74, 6) is 0. The van der Waals surface area contributed by atoms with Crippen LogP contribution in [0.5, 0.6) is 0 Å². The molecule has 0 bridgehead atoms. The van der Waals surface area contributed by atoms with Crippen molar-refractivity contribution < 1.29 is 8.42 Å². The fourth-order valence-corrected chi connectivity index (χ4v) is 3.53.